The van der Waals surface area contributed by atoms with Gasteiger partial charge in [0.1, 0.15) is 0 Å². The highest BCUT2D eigenvalue weighted by Crippen LogP contribution is 2.38. The van der Waals surface area contributed by atoms with Gasteiger partial charge in [-0.15, -0.1) is 11.3 Å². The minimum Gasteiger partial charge on any atom is -0.411 e. The lowest BCUT2D eigenvalue weighted by atomic mass is 9.99. The van der Waals surface area contributed by atoms with E-state index < -0.39 is 16.1 Å². The zero-order valence-electron chi connectivity index (χ0n) is 16.1. The number of amides is 2. The Bertz CT molecular complexity index is 1070. The van der Waals surface area contributed by atoms with Crippen molar-refractivity contribution in [3.8, 4) is 0 Å². The molecule has 0 saturated carbocycles. The van der Waals surface area contributed by atoms with Gasteiger partial charge in [-0.1, -0.05) is 11.2 Å². The van der Waals surface area contributed by atoms with Crippen molar-refractivity contribution in [2.75, 3.05) is 5.32 Å². The van der Waals surface area contributed by atoms with E-state index in [1.807, 2.05) is 0 Å². The van der Waals surface area contributed by atoms with Crippen LogP contribution in [0, 0.1) is 0 Å². The molecule has 0 radical (unpaired) electrons. The summed E-state index contributed by atoms with van der Waals surface area (Å²) in [6.07, 6.45) is 6.29. The summed E-state index contributed by atoms with van der Waals surface area (Å²) < 4.78 is 27.4. The van der Waals surface area contributed by atoms with Gasteiger partial charge in [0.2, 0.25) is 0 Å². The first-order valence-corrected chi connectivity index (χ1v) is 12.0. The molecule has 2 aliphatic carbocycles. The van der Waals surface area contributed by atoms with Crippen LogP contribution in [0.2, 0.25) is 0 Å². The Balaban J connectivity index is 1.52. The molecule has 4 rings (SSSR count). The minimum absolute atomic E-state index is 0.0295. The summed E-state index contributed by atoms with van der Waals surface area (Å²) in [7, 11) is -3.98. The van der Waals surface area contributed by atoms with Gasteiger partial charge in [-0.2, -0.15) is 0 Å². The van der Waals surface area contributed by atoms with Crippen LogP contribution in [0.5, 0.6) is 0 Å². The Kier molecular flexibility index (Phi) is 5.35. The van der Waals surface area contributed by atoms with Crippen LogP contribution >= 0.6 is 11.3 Å². The third kappa shape index (κ3) is 4.02. The van der Waals surface area contributed by atoms with Crippen LogP contribution in [-0.4, -0.2) is 25.4 Å². The normalized spacial score (nSPS) is 15.8. The number of benzene rings is 1. The second-order valence-corrected chi connectivity index (χ2v) is 10.2. The molecule has 0 saturated heterocycles. The Hall–Kier alpha value is -2.39. The number of nitrogens with one attached hydrogen (secondary N) is 2. The topological polar surface area (TPSA) is 108 Å². The number of carbonyl (C=O) groups is 1. The van der Waals surface area contributed by atoms with Crippen molar-refractivity contribution in [1.82, 2.24) is 4.72 Å². The summed E-state index contributed by atoms with van der Waals surface area (Å²) in [6, 6.07) is 3.02. The molecule has 2 amide bonds. The Morgan fingerprint density at radius 3 is 2.41 bits per heavy atom. The quantitative estimate of drug-likeness (QED) is 0.380. The van der Waals surface area contributed by atoms with Gasteiger partial charge in [0, 0.05) is 22.4 Å². The maximum absolute atomic E-state index is 12.6. The molecule has 0 aliphatic heterocycles. The number of aryl methyl sites for hydroxylation is 2. The molecule has 154 valence electrons. The summed E-state index contributed by atoms with van der Waals surface area (Å²) in [5.41, 5.74) is 6.12. The summed E-state index contributed by atoms with van der Waals surface area (Å²) in [5, 5.41) is 16.2. The maximum Gasteiger partial charge on any atom is 0.333 e. The van der Waals surface area contributed by atoms with E-state index in [4.69, 9.17) is 5.21 Å². The highest BCUT2D eigenvalue weighted by molar-refractivity contribution is 7.90. The number of nitrogens with zero attached hydrogens (tertiary/aromatic N) is 1. The van der Waals surface area contributed by atoms with E-state index in [0.717, 1.165) is 60.2 Å². The fourth-order valence-electron chi connectivity index (χ4n) is 4.17. The van der Waals surface area contributed by atoms with Crippen molar-refractivity contribution in [1.29, 1.82) is 0 Å². The van der Waals surface area contributed by atoms with Gasteiger partial charge in [0.15, 0.2) is 0 Å². The molecular formula is C20H23N3O4S2. The number of oxime groups is 1. The Morgan fingerprint density at radius 2 is 1.79 bits per heavy atom. The molecule has 2 aromatic rings. The fourth-order valence-corrected chi connectivity index (χ4v) is 6.43. The standard InChI is InChI=1S/C20H23N3O4S2/c1-12(22-25)8-15-10-16(11-28-15)29(26,27)23-20(24)21-19-17-6-2-4-13(17)9-14-5-3-7-18(14)19/h9-11,25H,2-8H2,1H3,(H2,21,23,24). The van der Waals surface area contributed by atoms with Gasteiger partial charge < -0.3 is 10.5 Å². The predicted molar refractivity (Wildman–Crippen MR) is 113 cm³/mol. The van der Waals surface area contributed by atoms with Crippen LogP contribution in [0.15, 0.2) is 27.6 Å². The molecule has 0 atom stereocenters. The molecule has 1 heterocycles. The molecule has 0 fully saturated rings. The molecule has 0 unspecified atom stereocenters. The Labute approximate surface area is 173 Å². The van der Waals surface area contributed by atoms with Crippen molar-refractivity contribution in [3.05, 3.63) is 44.6 Å². The number of thiophene rings is 1. The molecule has 0 spiro atoms. The van der Waals surface area contributed by atoms with Gasteiger partial charge in [-0.3, -0.25) is 0 Å². The summed E-state index contributed by atoms with van der Waals surface area (Å²) >= 11 is 1.24. The smallest absolute Gasteiger partial charge is 0.333 e. The van der Waals surface area contributed by atoms with Crippen molar-refractivity contribution in [3.63, 3.8) is 0 Å². The second-order valence-electron chi connectivity index (χ2n) is 7.55. The van der Waals surface area contributed by atoms with E-state index in [9.17, 15) is 13.2 Å². The molecular weight excluding hydrogens is 410 g/mol. The molecule has 1 aromatic heterocycles. The monoisotopic (exact) mass is 433 g/mol. The lowest BCUT2D eigenvalue weighted by molar-refractivity contribution is 0.256. The Morgan fingerprint density at radius 1 is 1.14 bits per heavy atom. The van der Waals surface area contributed by atoms with Gasteiger partial charge >= 0.3 is 6.03 Å². The maximum atomic E-state index is 12.6. The van der Waals surface area contributed by atoms with E-state index in [1.165, 1.54) is 33.9 Å². The summed E-state index contributed by atoms with van der Waals surface area (Å²) in [4.78, 5) is 13.3. The van der Waals surface area contributed by atoms with E-state index in [1.54, 1.807) is 6.92 Å². The van der Waals surface area contributed by atoms with Crippen molar-refractivity contribution >= 4 is 38.8 Å². The van der Waals surface area contributed by atoms with Gasteiger partial charge in [0.05, 0.1) is 10.6 Å². The molecule has 3 N–H and O–H groups in total. The molecule has 9 heteroatoms. The fraction of sp³-hybridized carbons (Fsp3) is 0.400. The number of hydrogen-bond donors (Lipinski definition) is 3. The van der Waals surface area contributed by atoms with Crippen LogP contribution in [0.3, 0.4) is 0 Å². The zero-order valence-corrected chi connectivity index (χ0v) is 17.8. The van der Waals surface area contributed by atoms with Crippen LogP contribution in [-0.2, 0) is 42.1 Å². The largest absolute Gasteiger partial charge is 0.411 e. The SMILES string of the molecule is CC(Cc1cc(S(=O)(=O)NC(=O)Nc2c3c(cc4c2CCC4)CCC3)cs1)=NO. The van der Waals surface area contributed by atoms with Crippen LogP contribution in [0.1, 0.15) is 46.9 Å². The lowest BCUT2D eigenvalue weighted by Gasteiger charge is -2.16. The highest BCUT2D eigenvalue weighted by Gasteiger charge is 2.26. The third-order valence-electron chi connectivity index (χ3n) is 5.48. The first kappa shape index (κ1) is 19.9. The van der Waals surface area contributed by atoms with Crippen molar-refractivity contribution in [2.45, 2.75) is 56.8 Å². The number of rotatable bonds is 5. The second kappa shape index (κ2) is 7.79. The number of urea groups is 1. The predicted octanol–water partition coefficient (Wildman–Crippen LogP) is 3.63. The first-order chi connectivity index (χ1) is 13.9. The minimum atomic E-state index is -3.98. The van der Waals surface area contributed by atoms with Gasteiger partial charge in [-0.25, -0.2) is 17.9 Å². The van der Waals surface area contributed by atoms with E-state index in [-0.39, 0.29) is 4.90 Å². The van der Waals surface area contributed by atoms with Crippen molar-refractivity contribution in [2.24, 2.45) is 5.16 Å². The molecule has 2 aliphatic rings. The van der Waals surface area contributed by atoms with Gasteiger partial charge in [-0.05, 0) is 73.8 Å². The summed E-state index contributed by atoms with van der Waals surface area (Å²) in [6.45, 7) is 1.65. The average molecular weight is 434 g/mol. The zero-order chi connectivity index (χ0) is 20.6. The molecule has 29 heavy (non-hydrogen) atoms. The third-order valence-corrected chi connectivity index (χ3v) is 7.88. The summed E-state index contributed by atoms with van der Waals surface area (Å²) in [5.74, 6) is 0. The van der Waals surface area contributed by atoms with Gasteiger partial charge in [0.25, 0.3) is 10.0 Å². The molecule has 0 bridgehead atoms. The van der Waals surface area contributed by atoms with E-state index in [0.29, 0.717) is 12.1 Å². The lowest BCUT2D eigenvalue weighted by Crippen LogP contribution is -2.34. The number of sulfonamides is 1. The first-order valence-electron chi connectivity index (χ1n) is 9.62. The number of anilines is 1. The van der Waals surface area contributed by atoms with Crippen LogP contribution in [0.25, 0.3) is 0 Å². The average Bonchev–Trinajstić information content (AvgIpc) is 3.41. The molecule has 1 aromatic carbocycles. The number of carbonyl (C=O) groups excluding carboxylic acids is 1. The van der Waals surface area contributed by atoms with Crippen LogP contribution < -0.4 is 10.0 Å². The van der Waals surface area contributed by atoms with Crippen molar-refractivity contribution < 1.29 is 18.4 Å². The number of fused-ring (bicyclic) bond motifs is 2. The van der Waals surface area contributed by atoms with E-state index >= 15 is 0 Å². The van der Waals surface area contributed by atoms with Crippen LogP contribution in [0.4, 0.5) is 10.5 Å². The number of hydrogen-bond acceptors (Lipinski definition) is 6. The highest BCUT2D eigenvalue weighted by atomic mass is 32.2. The molecule has 7 nitrogen and oxygen atoms in total. The van der Waals surface area contributed by atoms with E-state index in [2.05, 4.69) is 21.3 Å².